The van der Waals surface area contributed by atoms with Crippen molar-refractivity contribution in [3.05, 3.63) is 66.7 Å². The lowest BCUT2D eigenvalue weighted by Crippen LogP contribution is -1.89. The SMILES string of the molecule is ClN(Cl)c1ccccc1.c1ccccc1. The normalized spacial score (nSPS) is 8.67. The molecule has 0 heterocycles. The molecule has 0 fully saturated rings. The minimum Gasteiger partial charge on any atom is -0.194 e. The summed E-state index contributed by atoms with van der Waals surface area (Å²) in [5.74, 6) is 0. The van der Waals surface area contributed by atoms with Crippen molar-refractivity contribution in [2.45, 2.75) is 0 Å². The Bertz CT molecular complexity index is 322. The Morgan fingerprint density at radius 1 is 0.600 bits per heavy atom. The number of halogens is 2. The average molecular weight is 240 g/mol. The number of nitrogens with zero attached hydrogens (tertiary/aromatic N) is 1. The van der Waals surface area contributed by atoms with Crippen molar-refractivity contribution in [1.29, 1.82) is 0 Å². The molecule has 2 rings (SSSR count). The number of anilines is 1. The van der Waals surface area contributed by atoms with E-state index in [1.807, 2.05) is 66.7 Å². The smallest absolute Gasteiger partial charge is 0.0709 e. The summed E-state index contributed by atoms with van der Waals surface area (Å²) < 4.78 is 1.03. The highest BCUT2D eigenvalue weighted by molar-refractivity contribution is 6.49. The van der Waals surface area contributed by atoms with Crippen LogP contribution in [-0.2, 0) is 0 Å². The molecule has 15 heavy (non-hydrogen) atoms. The molecule has 78 valence electrons. The van der Waals surface area contributed by atoms with Gasteiger partial charge in [0.05, 0.1) is 5.69 Å². The first-order chi connectivity index (χ1) is 7.30. The molecule has 2 aromatic carbocycles. The monoisotopic (exact) mass is 239 g/mol. The third-order valence-electron chi connectivity index (χ3n) is 1.62. The Morgan fingerprint density at radius 3 is 1.20 bits per heavy atom. The van der Waals surface area contributed by atoms with Crippen molar-refractivity contribution in [3.8, 4) is 0 Å². The fourth-order valence-corrected chi connectivity index (χ4v) is 1.15. The molecule has 0 atom stereocenters. The first-order valence-corrected chi connectivity index (χ1v) is 5.15. The van der Waals surface area contributed by atoms with Crippen LogP contribution in [0.3, 0.4) is 0 Å². The fourth-order valence-electron chi connectivity index (χ4n) is 0.926. The second kappa shape index (κ2) is 7.16. The van der Waals surface area contributed by atoms with Crippen LogP contribution < -0.4 is 3.94 Å². The van der Waals surface area contributed by atoms with E-state index in [1.165, 1.54) is 0 Å². The van der Waals surface area contributed by atoms with Crippen molar-refractivity contribution in [2.75, 3.05) is 3.94 Å². The number of para-hydroxylation sites is 1. The summed E-state index contributed by atoms with van der Waals surface area (Å²) in [6, 6.07) is 21.3. The van der Waals surface area contributed by atoms with Crippen LogP contribution in [0.4, 0.5) is 5.69 Å². The molecule has 0 radical (unpaired) electrons. The summed E-state index contributed by atoms with van der Waals surface area (Å²) in [6.45, 7) is 0. The molecule has 0 saturated carbocycles. The summed E-state index contributed by atoms with van der Waals surface area (Å²) in [4.78, 5) is 0. The van der Waals surface area contributed by atoms with Crippen molar-refractivity contribution in [3.63, 3.8) is 0 Å². The third kappa shape index (κ3) is 5.31. The van der Waals surface area contributed by atoms with E-state index in [9.17, 15) is 0 Å². The van der Waals surface area contributed by atoms with Gasteiger partial charge in [-0.2, -0.15) is 3.94 Å². The van der Waals surface area contributed by atoms with E-state index >= 15 is 0 Å². The molecule has 2 aromatic rings. The molecule has 0 amide bonds. The van der Waals surface area contributed by atoms with Gasteiger partial charge in [-0.25, -0.2) is 0 Å². The second-order valence-electron chi connectivity index (χ2n) is 2.72. The van der Waals surface area contributed by atoms with Gasteiger partial charge in [-0.05, 0) is 12.1 Å². The van der Waals surface area contributed by atoms with Gasteiger partial charge in [0.1, 0.15) is 0 Å². The molecule has 0 bridgehead atoms. The predicted octanol–water partition coefficient (Wildman–Crippen LogP) is 4.49. The topological polar surface area (TPSA) is 3.24 Å². The first-order valence-electron chi connectivity index (χ1n) is 4.47. The summed E-state index contributed by atoms with van der Waals surface area (Å²) in [7, 11) is 0. The number of rotatable bonds is 1. The van der Waals surface area contributed by atoms with Gasteiger partial charge in [-0.3, -0.25) is 0 Å². The van der Waals surface area contributed by atoms with E-state index in [0.29, 0.717) is 0 Å². The van der Waals surface area contributed by atoms with Crippen molar-refractivity contribution in [2.24, 2.45) is 0 Å². The fraction of sp³-hybridized carbons (Fsp3) is 0. The minimum absolute atomic E-state index is 0.779. The highest BCUT2D eigenvalue weighted by Gasteiger charge is 1.93. The van der Waals surface area contributed by atoms with Crippen LogP contribution in [0.25, 0.3) is 0 Å². The van der Waals surface area contributed by atoms with E-state index in [4.69, 9.17) is 23.6 Å². The Hall–Kier alpha value is -1.18. The van der Waals surface area contributed by atoms with Crippen molar-refractivity contribution < 1.29 is 0 Å². The standard InChI is InChI=1S/C6H5Cl2N.C6H6/c7-9(8)6-4-2-1-3-5-6;1-2-4-6-5-3-1/h1-5H;1-6H. The maximum atomic E-state index is 5.40. The van der Waals surface area contributed by atoms with Crippen LogP contribution in [0.2, 0.25) is 0 Å². The van der Waals surface area contributed by atoms with Crippen LogP contribution in [0.5, 0.6) is 0 Å². The zero-order valence-electron chi connectivity index (χ0n) is 8.05. The third-order valence-corrected chi connectivity index (χ3v) is 2.01. The van der Waals surface area contributed by atoms with Crippen molar-refractivity contribution in [1.82, 2.24) is 0 Å². The van der Waals surface area contributed by atoms with Gasteiger partial charge in [0.2, 0.25) is 0 Å². The predicted molar refractivity (Wildman–Crippen MR) is 67.1 cm³/mol. The second-order valence-corrected chi connectivity index (χ2v) is 3.57. The van der Waals surface area contributed by atoms with E-state index in [2.05, 4.69) is 0 Å². The lowest BCUT2D eigenvalue weighted by molar-refractivity contribution is 1.58. The van der Waals surface area contributed by atoms with Gasteiger partial charge < -0.3 is 0 Å². The molecule has 1 nitrogen and oxygen atoms in total. The minimum atomic E-state index is 0.779. The summed E-state index contributed by atoms with van der Waals surface area (Å²) in [5, 5.41) is 0. The van der Waals surface area contributed by atoms with Gasteiger partial charge in [0.25, 0.3) is 0 Å². The van der Waals surface area contributed by atoms with Crippen LogP contribution in [0.15, 0.2) is 66.7 Å². The summed E-state index contributed by atoms with van der Waals surface area (Å²) in [6.07, 6.45) is 0. The van der Waals surface area contributed by atoms with E-state index in [0.717, 1.165) is 9.63 Å². The lowest BCUT2D eigenvalue weighted by atomic mass is 10.3. The Kier molecular flexibility index (Phi) is 5.67. The quantitative estimate of drug-likeness (QED) is 0.664. The maximum Gasteiger partial charge on any atom is 0.0709 e. The molecule has 0 N–H and O–H groups in total. The van der Waals surface area contributed by atoms with E-state index in [1.54, 1.807) is 0 Å². The van der Waals surface area contributed by atoms with Gasteiger partial charge in [0.15, 0.2) is 0 Å². The lowest BCUT2D eigenvalue weighted by Gasteiger charge is -2.02. The van der Waals surface area contributed by atoms with Gasteiger partial charge >= 0.3 is 0 Å². The molecular formula is C12H11Cl2N. The van der Waals surface area contributed by atoms with E-state index < -0.39 is 0 Å². The molecule has 0 unspecified atom stereocenters. The van der Waals surface area contributed by atoms with Crippen LogP contribution in [0.1, 0.15) is 0 Å². The first kappa shape index (κ1) is 11.9. The van der Waals surface area contributed by atoms with E-state index in [-0.39, 0.29) is 0 Å². The van der Waals surface area contributed by atoms with Gasteiger partial charge in [0, 0.05) is 23.6 Å². The molecule has 0 spiro atoms. The molecule has 3 heteroatoms. The van der Waals surface area contributed by atoms with Crippen LogP contribution >= 0.6 is 23.6 Å². The van der Waals surface area contributed by atoms with Crippen LogP contribution in [0, 0.1) is 0 Å². The van der Waals surface area contributed by atoms with Gasteiger partial charge in [-0.15, -0.1) is 0 Å². The van der Waals surface area contributed by atoms with Crippen LogP contribution in [-0.4, -0.2) is 0 Å². The maximum absolute atomic E-state index is 5.40. The average Bonchev–Trinajstić information content (AvgIpc) is 2.33. The highest BCUT2D eigenvalue weighted by Crippen LogP contribution is 2.16. The Morgan fingerprint density at radius 2 is 0.933 bits per heavy atom. The summed E-state index contributed by atoms with van der Waals surface area (Å²) >= 11 is 10.8. The molecule has 0 aliphatic heterocycles. The molecular weight excluding hydrogens is 229 g/mol. The number of benzene rings is 2. The largest absolute Gasteiger partial charge is 0.194 e. The molecule has 0 aromatic heterocycles. The number of hydrogen-bond donors (Lipinski definition) is 0. The van der Waals surface area contributed by atoms with Crippen molar-refractivity contribution >= 4 is 29.2 Å². The molecule has 0 aliphatic rings. The molecule has 0 saturated heterocycles. The Labute approximate surface area is 100 Å². The van der Waals surface area contributed by atoms with Gasteiger partial charge in [-0.1, -0.05) is 54.6 Å². The zero-order chi connectivity index (χ0) is 10.9. The molecule has 0 aliphatic carbocycles. The number of hydrogen-bond acceptors (Lipinski definition) is 1. The highest BCUT2D eigenvalue weighted by atomic mass is 35.5. The zero-order valence-corrected chi connectivity index (χ0v) is 9.57. The Balaban J connectivity index is 0.000000162. The summed E-state index contributed by atoms with van der Waals surface area (Å²) in [5.41, 5.74) is 0.779.